The fourth-order valence-electron chi connectivity index (χ4n) is 4.10. The summed E-state index contributed by atoms with van der Waals surface area (Å²) in [6, 6.07) is 9.65. The molecule has 0 N–H and O–H groups in total. The van der Waals surface area contributed by atoms with Crippen LogP contribution >= 0.6 is 11.8 Å². The van der Waals surface area contributed by atoms with Crippen molar-refractivity contribution < 1.29 is 13.2 Å². The van der Waals surface area contributed by atoms with E-state index in [9.17, 15) is 13.2 Å². The summed E-state index contributed by atoms with van der Waals surface area (Å²) in [7, 11) is 1.97. The minimum atomic E-state index is -4.28. The number of nitrogens with zero attached hydrogens (tertiary/aromatic N) is 5. The van der Waals surface area contributed by atoms with E-state index in [2.05, 4.69) is 20.1 Å². The maximum absolute atomic E-state index is 13.0. The Labute approximate surface area is 190 Å². The molecule has 1 fully saturated rings. The highest BCUT2D eigenvalue weighted by atomic mass is 32.2. The van der Waals surface area contributed by atoms with Crippen molar-refractivity contribution >= 4 is 11.8 Å². The zero-order valence-corrected chi connectivity index (χ0v) is 18.7. The van der Waals surface area contributed by atoms with Crippen molar-refractivity contribution in [1.82, 2.24) is 24.6 Å². The monoisotopic (exact) mass is 461 g/mol. The second-order valence-electron chi connectivity index (χ2n) is 8.04. The Bertz CT molecular complexity index is 1010. The Morgan fingerprint density at radius 3 is 2.53 bits per heavy atom. The molecule has 0 saturated carbocycles. The fourth-order valence-corrected chi connectivity index (χ4v) is 4.94. The number of hydrogen-bond acceptors (Lipinski definition) is 5. The molecule has 1 aromatic carbocycles. The third-order valence-electron chi connectivity index (χ3n) is 5.90. The van der Waals surface area contributed by atoms with E-state index in [0.29, 0.717) is 0 Å². The Morgan fingerprint density at radius 2 is 1.81 bits per heavy atom. The molecule has 0 unspecified atom stereocenters. The molecule has 4 rings (SSSR count). The first-order chi connectivity index (χ1) is 15.4. The second kappa shape index (κ2) is 10.0. The van der Waals surface area contributed by atoms with Crippen molar-refractivity contribution in [2.75, 3.05) is 25.4 Å². The van der Waals surface area contributed by atoms with Gasteiger partial charge in [-0.3, -0.25) is 4.98 Å². The summed E-state index contributed by atoms with van der Waals surface area (Å²) in [6.45, 7) is 2.82. The van der Waals surface area contributed by atoms with Crippen LogP contribution in [-0.2, 0) is 13.2 Å². The van der Waals surface area contributed by atoms with Gasteiger partial charge in [0.05, 0.1) is 5.56 Å². The van der Waals surface area contributed by atoms with Crippen LogP contribution in [-0.4, -0.2) is 50.0 Å². The highest BCUT2D eigenvalue weighted by Gasteiger charge is 2.31. The van der Waals surface area contributed by atoms with Crippen LogP contribution in [0.3, 0.4) is 0 Å². The van der Waals surface area contributed by atoms with Gasteiger partial charge in [0.2, 0.25) is 0 Å². The molecule has 1 saturated heterocycles. The Morgan fingerprint density at radius 1 is 1.06 bits per heavy atom. The van der Waals surface area contributed by atoms with E-state index in [1.54, 1.807) is 24.2 Å². The van der Waals surface area contributed by atoms with Crippen LogP contribution < -0.4 is 0 Å². The highest BCUT2D eigenvalue weighted by molar-refractivity contribution is 7.99. The molecule has 1 aliphatic rings. The van der Waals surface area contributed by atoms with Gasteiger partial charge in [0.15, 0.2) is 11.0 Å². The van der Waals surface area contributed by atoms with Gasteiger partial charge in [-0.15, -0.1) is 10.2 Å². The van der Waals surface area contributed by atoms with Crippen LogP contribution in [0.15, 0.2) is 53.9 Å². The Kier molecular flexibility index (Phi) is 7.15. The van der Waals surface area contributed by atoms with Crippen LogP contribution in [0.25, 0.3) is 11.4 Å². The number of hydrogen-bond donors (Lipinski definition) is 0. The molecule has 3 aromatic rings. The third-order valence-corrected chi connectivity index (χ3v) is 7.00. The normalized spacial score (nSPS) is 15.9. The smallest absolute Gasteiger partial charge is 0.305 e. The molecular formula is C23H26F3N5S. The first-order valence-corrected chi connectivity index (χ1v) is 11.7. The zero-order chi connectivity index (χ0) is 22.6. The largest absolute Gasteiger partial charge is 0.416 e. The van der Waals surface area contributed by atoms with Crippen LogP contribution in [0.4, 0.5) is 13.2 Å². The summed E-state index contributed by atoms with van der Waals surface area (Å²) in [5.74, 6) is 1.97. The van der Waals surface area contributed by atoms with Gasteiger partial charge >= 0.3 is 6.18 Å². The lowest BCUT2D eigenvalue weighted by atomic mass is 9.88. The summed E-state index contributed by atoms with van der Waals surface area (Å²) in [5.41, 5.74) is 1.25. The summed E-state index contributed by atoms with van der Waals surface area (Å²) in [4.78, 5) is 6.44. The van der Waals surface area contributed by atoms with E-state index in [1.807, 2.05) is 29.8 Å². The van der Waals surface area contributed by atoms with E-state index in [-0.39, 0.29) is 5.92 Å². The Balaban J connectivity index is 1.22. The predicted molar refractivity (Wildman–Crippen MR) is 119 cm³/mol. The molecule has 0 amide bonds. The highest BCUT2D eigenvalue weighted by Crippen LogP contribution is 2.34. The van der Waals surface area contributed by atoms with Gasteiger partial charge in [-0.05, 0) is 68.6 Å². The van der Waals surface area contributed by atoms with E-state index in [1.165, 1.54) is 12.1 Å². The standard InChI is InChI=1S/C23H26F3N5S/c1-30-21(18-6-10-27-11-7-18)28-29-22(30)32-15-3-12-31-13-8-17(9-14-31)19-4-2-5-20(16-19)23(24,25)26/h2,4-7,10-11,16-17H,3,8-9,12-15H2,1H3. The van der Waals surface area contributed by atoms with Crippen molar-refractivity contribution in [1.29, 1.82) is 0 Å². The van der Waals surface area contributed by atoms with Crippen molar-refractivity contribution in [3.63, 3.8) is 0 Å². The maximum Gasteiger partial charge on any atom is 0.416 e. The van der Waals surface area contributed by atoms with Crippen molar-refractivity contribution in [3.05, 3.63) is 59.9 Å². The number of pyridine rings is 1. The quantitative estimate of drug-likeness (QED) is 0.355. The fraction of sp³-hybridized carbons (Fsp3) is 0.435. The molecule has 1 aliphatic heterocycles. The van der Waals surface area contributed by atoms with Crippen molar-refractivity contribution in [2.24, 2.45) is 7.05 Å². The van der Waals surface area contributed by atoms with Gasteiger partial charge in [0.1, 0.15) is 0 Å². The second-order valence-corrected chi connectivity index (χ2v) is 9.10. The molecule has 2 aromatic heterocycles. The molecule has 170 valence electrons. The molecule has 0 atom stereocenters. The lowest BCUT2D eigenvalue weighted by molar-refractivity contribution is -0.137. The predicted octanol–water partition coefficient (Wildman–Crippen LogP) is 5.26. The third kappa shape index (κ3) is 5.50. The maximum atomic E-state index is 13.0. The first kappa shape index (κ1) is 22.8. The number of piperidine rings is 1. The van der Waals surface area contributed by atoms with Gasteiger partial charge in [0.25, 0.3) is 0 Å². The number of halogens is 3. The van der Waals surface area contributed by atoms with Crippen LogP contribution in [0.1, 0.15) is 36.3 Å². The van der Waals surface area contributed by atoms with E-state index in [0.717, 1.165) is 72.8 Å². The topological polar surface area (TPSA) is 46.8 Å². The Hall–Kier alpha value is -2.39. The average Bonchev–Trinajstić information content (AvgIpc) is 3.17. The number of benzene rings is 1. The van der Waals surface area contributed by atoms with Gasteiger partial charge in [-0.25, -0.2) is 0 Å². The van der Waals surface area contributed by atoms with E-state index < -0.39 is 11.7 Å². The SMILES string of the molecule is Cn1c(SCCCN2CCC(c3cccc(C(F)(F)F)c3)CC2)nnc1-c1ccncc1. The first-order valence-electron chi connectivity index (χ1n) is 10.7. The van der Waals surface area contributed by atoms with Crippen LogP contribution in [0.5, 0.6) is 0 Å². The minimum absolute atomic E-state index is 0.202. The van der Waals surface area contributed by atoms with Crippen molar-refractivity contribution in [2.45, 2.75) is 36.5 Å². The number of likely N-dealkylation sites (tertiary alicyclic amines) is 1. The van der Waals surface area contributed by atoms with Gasteiger partial charge in [-0.2, -0.15) is 13.2 Å². The number of rotatable bonds is 7. The van der Waals surface area contributed by atoms with Gasteiger partial charge < -0.3 is 9.47 Å². The molecule has 9 heteroatoms. The lowest BCUT2D eigenvalue weighted by Crippen LogP contribution is -2.34. The molecule has 0 spiro atoms. The zero-order valence-electron chi connectivity index (χ0n) is 17.9. The van der Waals surface area contributed by atoms with E-state index in [4.69, 9.17) is 0 Å². The lowest BCUT2D eigenvalue weighted by Gasteiger charge is -2.32. The molecular weight excluding hydrogens is 435 g/mol. The van der Waals surface area contributed by atoms with Crippen molar-refractivity contribution in [3.8, 4) is 11.4 Å². The average molecular weight is 462 g/mol. The molecule has 0 aliphatic carbocycles. The molecule has 5 nitrogen and oxygen atoms in total. The molecule has 0 bridgehead atoms. The number of thioether (sulfide) groups is 1. The summed E-state index contributed by atoms with van der Waals surface area (Å²) < 4.78 is 40.9. The molecule has 32 heavy (non-hydrogen) atoms. The molecule has 3 heterocycles. The van der Waals surface area contributed by atoms with Crippen LogP contribution in [0.2, 0.25) is 0 Å². The minimum Gasteiger partial charge on any atom is -0.305 e. The number of aromatic nitrogens is 4. The van der Waals surface area contributed by atoms with E-state index >= 15 is 0 Å². The summed E-state index contributed by atoms with van der Waals surface area (Å²) >= 11 is 1.69. The van der Waals surface area contributed by atoms with Crippen LogP contribution in [0, 0.1) is 0 Å². The summed E-state index contributed by atoms with van der Waals surface area (Å²) in [5, 5.41) is 9.49. The van der Waals surface area contributed by atoms with Gasteiger partial charge in [0, 0.05) is 30.8 Å². The van der Waals surface area contributed by atoms with Gasteiger partial charge in [-0.1, -0.05) is 30.0 Å². The summed E-state index contributed by atoms with van der Waals surface area (Å²) in [6.07, 6.45) is 2.02. The molecule has 0 radical (unpaired) electrons. The number of alkyl halides is 3.